The SMILES string of the molecule is CO[C@@H]1[C@H]2OC(C)(C)O[C@H]2O[C@@H]1C(CC(=O)NCCC(=O)O)NC(=O)OC(C)(C)C. The second-order valence-electron chi connectivity index (χ2n) is 8.72. The summed E-state index contributed by atoms with van der Waals surface area (Å²) in [7, 11) is 1.48. The summed E-state index contributed by atoms with van der Waals surface area (Å²) in [5.74, 6) is -2.32. The fourth-order valence-corrected chi connectivity index (χ4v) is 3.39. The summed E-state index contributed by atoms with van der Waals surface area (Å²) in [5.41, 5.74) is -0.734. The number of rotatable bonds is 8. The van der Waals surface area contributed by atoms with Crippen molar-refractivity contribution in [3.63, 3.8) is 0 Å². The Morgan fingerprint density at radius 1 is 1.20 bits per heavy atom. The van der Waals surface area contributed by atoms with E-state index in [0.717, 1.165) is 0 Å². The molecule has 0 aromatic heterocycles. The monoisotopic (exact) mass is 432 g/mol. The van der Waals surface area contributed by atoms with Crippen molar-refractivity contribution in [1.82, 2.24) is 10.6 Å². The maximum Gasteiger partial charge on any atom is 0.407 e. The number of ether oxygens (including phenoxy) is 5. The van der Waals surface area contributed by atoms with E-state index >= 15 is 0 Å². The molecule has 0 aliphatic carbocycles. The van der Waals surface area contributed by atoms with Crippen molar-refractivity contribution in [2.24, 2.45) is 0 Å². The van der Waals surface area contributed by atoms with E-state index in [4.69, 9.17) is 28.8 Å². The van der Waals surface area contributed by atoms with Crippen molar-refractivity contribution in [3.05, 3.63) is 0 Å². The van der Waals surface area contributed by atoms with Gasteiger partial charge in [-0.25, -0.2) is 4.79 Å². The maximum absolute atomic E-state index is 12.4. The Balaban J connectivity index is 2.11. The van der Waals surface area contributed by atoms with E-state index in [0.29, 0.717) is 0 Å². The zero-order valence-corrected chi connectivity index (χ0v) is 18.2. The lowest BCUT2D eigenvalue weighted by molar-refractivity contribution is -0.220. The lowest BCUT2D eigenvalue weighted by atomic mass is 10.00. The number of aliphatic carboxylic acids is 1. The van der Waals surface area contributed by atoms with Gasteiger partial charge in [-0.05, 0) is 34.6 Å². The average molecular weight is 432 g/mol. The number of hydrogen-bond acceptors (Lipinski definition) is 8. The molecule has 0 bridgehead atoms. The lowest BCUT2D eigenvalue weighted by Gasteiger charge is -2.31. The molecule has 2 saturated heterocycles. The summed E-state index contributed by atoms with van der Waals surface area (Å²) in [6, 6.07) is -0.824. The fraction of sp³-hybridized carbons (Fsp3) is 0.842. The summed E-state index contributed by atoms with van der Waals surface area (Å²) in [5, 5.41) is 13.9. The van der Waals surface area contributed by atoms with E-state index in [-0.39, 0.29) is 19.4 Å². The zero-order valence-electron chi connectivity index (χ0n) is 18.2. The molecule has 3 N–H and O–H groups in total. The van der Waals surface area contributed by atoms with E-state index in [1.807, 2.05) is 0 Å². The highest BCUT2D eigenvalue weighted by Crippen LogP contribution is 2.39. The minimum atomic E-state index is -1.03. The Morgan fingerprint density at radius 2 is 1.87 bits per heavy atom. The van der Waals surface area contributed by atoms with Gasteiger partial charge in [0.2, 0.25) is 5.91 Å². The van der Waals surface area contributed by atoms with Gasteiger partial charge in [0, 0.05) is 20.1 Å². The van der Waals surface area contributed by atoms with Gasteiger partial charge in [-0.15, -0.1) is 0 Å². The van der Waals surface area contributed by atoms with Crippen LogP contribution in [0.5, 0.6) is 0 Å². The molecule has 2 aliphatic rings. The highest BCUT2D eigenvalue weighted by atomic mass is 16.8. The number of hydrogen-bond donors (Lipinski definition) is 3. The first-order valence-electron chi connectivity index (χ1n) is 9.83. The predicted molar refractivity (Wildman–Crippen MR) is 103 cm³/mol. The van der Waals surface area contributed by atoms with Gasteiger partial charge in [0.1, 0.15) is 23.9 Å². The van der Waals surface area contributed by atoms with Crippen LogP contribution in [0.3, 0.4) is 0 Å². The van der Waals surface area contributed by atoms with Gasteiger partial charge in [0.25, 0.3) is 0 Å². The molecule has 11 nitrogen and oxygen atoms in total. The number of nitrogens with one attached hydrogen (secondary N) is 2. The smallest absolute Gasteiger partial charge is 0.407 e. The Morgan fingerprint density at radius 3 is 2.43 bits per heavy atom. The summed E-state index contributed by atoms with van der Waals surface area (Å²) in [6.07, 6.45) is -3.71. The summed E-state index contributed by atoms with van der Waals surface area (Å²) >= 11 is 0. The molecule has 0 spiro atoms. The molecular formula is C19H32N2O9. The maximum atomic E-state index is 12.4. The van der Waals surface area contributed by atoms with Crippen LogP contribution < -0.4 is 10.6 Å². The molecule has 11 heteroatoms. The van der Waals surface area contributed by atoms with Gasteiger partial charge in [-0.2, -0.15) is 0 Å². The summed E-state index contributed by atoms with van der Waals surface area (Å²) in [4.78, 5) is 35.3. The average Bonchev–Trinajstić information content (AvgIpc) is 3.03. The molecule has 2 heterocycles. The van der Waals surface area contributed by atoms with Crippen molar-refractivity contribution in [2.75, 3.05) is 13.7 Å². The first-order chi connectivity index (χ1) is 13.8. The molecule has 0 radical (unpaired) electrons. The van der Waals surface area contributed by atoms with Gasteiger partial charge in [0.05, 0.1) is 12.5 Å². The van der Waals surface area contributed by atoms with E-state index in [9.17, 15) is 14.4 Å². The van der Waals surface area contributed by atoms with Crippen molar-refractivity contribution in [3.8, 4) is 0 Å². The molecule has 0 aromatic rings. The number of carboxylic acids is 1. The van der Waals surface area contributed by atoms with E-state index in [1.54, 1.807) is 34.6 Å². The Kier molecular flexibility index (Phi) is 7.67. The summed E-state index contributed by atoms with van der Waals surface area (Å²) < 4.78 is 28.4. The van der Waals surface area contributed by atoms with Gasteiger partial charge in [-0.1, -0.05) is 0 Å². The standard InChI is InChI=1S/C19H32N2O9/c1-18(2,3)30-17(25)21-10(9-11(22)20-8-7-12(23)24)13-14(26-6)15-16(27-13)29-19(4,5)28-15/h10,13-16H,7-9H2,1-6H3,(H,20,22)(H,21,25)(H,23,24)/t10?,13-,14+,15-,16-/m1/s1. The molecule has 172 valence electrons. The molecule has 30 heavy (non-hydrogen) atoms. The minimum Gasteiger partial charge on any atom is -0.481 e. The third-order valence-corrected chi connectivity index (χ3v) is 4.46. The number of carboxylic acid groups (broad SMARTS) is 1. The van der Waals surface area contributed by atoms with Crippen molar-refractivity contribution in [1.29, 1.82) is 0 Å². The first-order valence-corrected chi connectivity index (χ1v) is 9.83. The Labute approximate surface area is 175 Å². The van der Waals surface area contributed by atoms with E-state index in [2.05, 4.69) is 10.6 Å². The number of alkyl carbamates (subject to hydrolysis) is 1. The van der Waals surface area contributed by atoms with Crippen LogP contribution in [0.4, 0.5) is 4.79 Å². The third kappa shape index (κ3) is 6.79. The predicted octanol–water partition coefficient (Wildman–Crippen LogP) is 0.752. The minimum absolute atomic E-state index is 0.0295. The number of methoxy groups -OCH3 is 1. The quantitative estimate of drug-likeness (QED) is 0.506. The fourth-order valence-electron chi connectivity index (χ4n) is 3.39. The molecule has 0 saturated carbocycles. The van der Waals surface area contributed by atoms with Crippen LogP contribution in [-0.2, 0) is 33.3 Å². The van der Waals surface area contributed by atoms with Gasteiger partial charge in [-0.3, -0.25) is 9.59 Å². The van der Waals surface area contributed by atoms with Crippen LogP contribution >= 0.6 is 0 Å². The molecule has 0 aromatic carbocycles. The Bertz CT molecular complexity index is 646. The van der Waals surface area contributed by atoms with Gasteiger partial charge < -0.3 is 39.4 Å². The third-order valence-electron chi connectivity index (χ3n) is 4.46. The molecule has 2 aliphatic heterocycles. The normalized spacial score (nSPS) is 28.5. The molecule has 1 unspecified atom stereocenters. The second-order valence-corrected chi connectivity index (χ2v) is 8.72. The second kappa shape index (κ2) is 9.46. The molecular weight excluding hydrogens is 400 g/mol. The first kappa shape index (κ1) is 24.3. The van der Waals surface area contributed by atoms with Gasteiger partial charge >= 0.3 is 12.1 Å². The number of amides is 2. The number of carbonyl (C=O) groups excluding carboxylic acids is 2. The van der Waals surface area contributed by atoms with Crippen LogP contribution in [0.1, 0.15) is 47.5 Å². The molecule has 2 rings (SSSR count). The summed E-state index contributed by atoms with van der Waals surface area (Å²) in [6.45, 7) is 8.64. The highest BCUT2D eigenvalue weighted by molar-refractivity contribution is 5.78. The van der Waals surface area contributed by atoms with Crippen molar-refractivity contribution in [2.45, 2.75) is 89.5 Å². The topological polar surface area (TPSA) is 142 Å². The van der Waals surface area contributed by atoms with Crippen LogP contribution in [0.25, 0.3) is 0 Å². The van der Waals surface area contributed by atoms with Crippen molar-refractivity contribution >= 4 is 18.0 Å². The highest BCUT2D eigenvalue weighted by Gasteiger charge is 2.57. The molecule has 5 atom stereocenters. The number of fused-ring (bicyclic) bond motifs is 1. The van der Waals surface area contributed by atoms with Crippen LogP contribution in [0, 0.1) is 0 Å². The largest absolute Gasteiger partial charge is 0.481 e. The van der Waals surface area contributed by atoms with Crippen LogP contribution in [0.15, 0.2) is 0 Å². The zero-order chi connectivity index (χ0) is 22.7. The van der Waals surface area contributed by atoms with E-state index in [1.165, 1.54) is 7.11 Å². The van der Waals surface area contributed by atoms with Gasteiger partial charge in [0.15, 0.2) is 12.1 Å². The van der Waals surface area contributed by atoms with Crippen molar-refractivity contribution < 1.29 is 43.2 Å². The molecule has 2 fully saturated rings. The Hall–Kier alpha value is -1.95. The number of carbonyl (C=O) groups is 3. The van der Waals surface area contributed by atoms with Crippen LogP contribution in [0.2, 0.25) is 0 Å². The molecule has 2 amide bonds. The van der Waals surface area contributed by atoms with E-state index < -0.39 is 60.0 Å². The van der Waals surface area contributed by atoms with Crippen LogP contribution in [-0.4, -0.2) is 78.8 Å². The lowest BCUT2D eigenvalue weighted by Crippen LogP contribution is -2.52.